The molecule has 27 heavy (non-hydrogen) atoms. The number of aliphatic imine (C=N–C) groups is 1. The second kappa shape index (κ2) is 12.5. The van der Waals surface area contributed by atoms with E-state index < -0.39 is 0 Å². The molecule has 1 aromatic heterocycles. The zero-order valence-corrected chi connectivity index (χ0v) is 18.4. The van der Waals surface area contributed by atoms with E-state index in [2.05, 4.69) is 27.4 Å². The first-order valence-electron chi connectivity index (χ1n) is 8.89. The molecule has 1 aromatic carbocycles. The molecule has 9 heteroatoms. The minimum Gasteiger partial charge on any atom is -0.489 e. The molecule has 0 atom stereocenters. The Kier molecular flexibility index (Phi) is 10.7. The summed E-state index contributed by atoms with van der Waals surface area (Å²) in [6, 6.07) is 6.41. The number of para-hydroxylation sites is 1. The highest BCUT2D eigenvalue weighted by molar-refractivity contribution is 14.0. The number of guanidine groups is 1. The predicted molar refractivity (Wildman–Crippen MR) is 115 cm³/mol. The van der Waals surface area contributed by atoms with Crippen LogP contribution in [0.5, 0.6) is 5.75 Å². The molecule has 0 aliphatic carbocycles. The van der Waals surface area contributed by atoms with Crippen molar-refractivity contribution in [3.63, 3.8) is 0 Å². The highest BCUT2D eigenvalue weighted by atomic mass is 127. The molecule has 0 saturated carbocycles. The number of nitrogens with one attached hydrogen (secondary N) is 1. The Morgan fingerprint density at radius 1 is 1.33 bits per heavy atom. The molecule has 0 fully saturated rings. The van der Waals surface area contributed by atoms with Gasteiger partial charge >= 0.3 is 0 Å². The molecule has 150 valence electrons. The summed E-state index contributed by atoms with van der Waals surface area (Å²) >= 11 is 0. The van der Waals surface area contributed by atoms with Gasteiger partial charge in [0.2, 0.25) is 0 Å². The maximum atomic E-state index is 13.6. The van der Waals surface area contributed by atoms with Gasteiger partial charge in [0.15, 0.2) is 17.5 Å². The summed E-state index contributed by atoms with van der Waals surface area (Å²) in [5.74, 6) is 1.66. The molecule has 7 nitrogen and oxygen atoms in total. The fraction of sp³-hybridized carbons (Fsp3) is 0.500. The largest absolute Gasteiger partial charge is 0.489 e. The van der Waals surface area contributed by atoms with Gasteiger partial charge in [0.25, 0.3) is 0 Å². The first-order chi connectivity index (χ1) is 12.7. The summed E-state index contributed by atoms with van der Waals surface area (Å²) in [6.45, 7) is 7.15. The molecule has 0 amide bonds. The van der Waals surface area contributed by atoms with Crippen LogP contribution < -0.4 is 10.1 Å². The van der Waals surface area contributed by atoms with E-state index in [-0.39, 0.29) is 35.5 Å². The molecule has 2 aromatic rings. The molecule has 0 bridgehead atoms. The van der Waals surface area contributed by atoms with Crippen molar-refractivity contribution >= 4 is 29.9 Å². The molecule has 0 aliphatic rings. The van der Waals surface area contributed by atoms with Crippen molar-refractivity contribution in [1.82, 2.24) is 25.0 Å². The standard InChI is InChI=1S/C18H27FN6O.HI/c1-4-17-23-22-14-25(17)11-10-21-18(20-5-2)24(3)12-13-26-16-9-7-6-8-15(16)19;/h6-9,14H,4-5,10-13H2,1-3H3,(H,20,21);1H. The van der Waals surface area contributed by atoms with E-state index in [1.165, 1.54) is 6.07 Å². The van der Waals surface area contributed by atoms with Crippen molar-refractivity contribution < 1.29 is 9.13 Å². The molecule has 0 unspecified atom stereocenters. The number of hydrogen-bond donors (Lipinski definition) is 1. The van der Waals surface area contributed by atoms with Gasteiger partial charge in [0.05, 0.1) is 13.1 Å². The lowest BCUT2D eigenvalue weighted by molar-refractivity contribution is 0.270. The number of ether oxygens (including phenoxy) is 1. The molecular formula is C18H28FIN6O. The second-order valence-electron chi connectivity index (χ2n) is 5.73. The number of halogens is 2. The number of rotatable bonds is 9. The van der Waals surface area contributed by atoms with Crippen LogP contribution in [-0.2, 0) is 13.0 Å². The van der Waals surface area contributed by atoms with E-state index in [1.807, 2.05) is 23.4 Å². The molecule has 2 rings (SSSR count). The van der Waals surface area contributed by atoms with E-state index in [0.717, 1.165) is 31.3 Å². The summed E-state index contributed by atoms with van der Waals surface area (Å²) < 4.78 is 21.1. The maximum Gasteiger partial charge on any atom is 0.193 e. The SMILES string of the molecule is CCNC(=NCCn1cnnc1CC)N(C)CCOc1ccccc1F.I. The van der Waals surface area contributed by atoms with Gasteiger partial charge in [-0.05, 0) is 19.1 Å². The van der Waals surface area contributed by atoms with Gasteiger partial charge in [-0.3, -0.25) is 4.99 Å². The Labute approximate surface area is 177 Å². The highest BCUT2D eigenvalue weighted by Crippen LogP contribution is 2.14. The van der Waals surface area contributed by atoms with Crippen LogP contribution in [0, 0.1) is 5.82 Å². The molecule has 1 heterocycles. The van der Waals surface area contributed by atoms with E-state index in [4.69, 9.17) is 4.74 Å². The zero-order chi connectivity index (χ0) is 18.8. The first kappa shape index (κ1) is 23.1. The average Bonchev–Trinajstić information content (AvgIpc) is 3.10. The summed E-state index contributed by atoms with van der Waals surface area (Å²) in [7, 11) is 1.93. The number of aryl methyl sites for hydroxylation is 1. The normalized spacial score (nSPS) is 11.0. The summed E-state index contributed by atoms with van der Waals surface area (Å²) in [4.78, 5) is 6.60. The van der Waals surface area contributed by atoms with Crippen LogP contribution in [0.1, 0.15) is 19.7 Å². The lowest BCUT2D eigenvalue weighted by Gasteiger charge is -2.22. The van der Waals surface area contributed by atoms with Crippen molar-refractivity contribution in [1.29, 1.82) is 0 Å². The summed E-state index contributed by atoms with van der Waals surface area (Å²) in [6.07, 6.45) is 2.57. The van der Waals surface area contributed by atoms with E-state index in [9.17, 15) is 4.39 Å². The van der Waals surface area contributed by atoms with Crippen LogP contribution in [0.2, 0.25) is 0 Å². The minimum absolute atomic E-state index is 0. The van der Waals surface area contributed by atoms with Crippen LogP contribution in [0.15, 0.2) is 35.6 Å². The Morgan fingerprint density at radius 3 is 2.81 bits per heavy atom. The van der Waals surface area contributed by atoms with Crippen LogP contribution >= 0.6 is 24.0 Å². The highest BCUT2D eigenvalue weighted by Gasteiger charge is 2.07. The third-order valence-electron chi connectivity index (χ3n) is 3.83. The molecule has 0 saturated heterocycles. The molecular weight excluding hydrogens is 462 g/mol. The number of aromatic nitrogens is 3. The van der Waals surface area contributed by atoms with Gasteiger partial charge in [-0.2, -0.15) is 0 Å². The Bertz CT molecular complexity index is 709. The third kappa shape index (κ3) is 7.31. The van der Waals surface area contributed by atoms with Crippen molar-refractivity contribution in [2.75, 3.05) is 33.3 Å². The van der Waals surface area contributed by atoms with Gasteiger partial charge in [0.1, 0.15) is 18.8 Å². The fourth-order valence-corrected chi connectivity index (χ4v) is 2.43. The first-order valence-corrected chi connectivity index (χ1v) is 8.89. The zero-order valence-electron chi connectivity index (χ0n) is 16.1. The van der Waals surface area contributed by atoms with Crippen LogP contribution in [-0.4, -0.2) is 58.9 Å². The summed E-state index contributed by atoms with van der Waals surface area (Å²) in [5.41, 5.74) is 0. The quantitative estimate of drug-likeness (QED) is 0.333. The monoisotopic (exact) mass is 490 g/mol. The third-order valence-corrected chi connectivity index (χ3v) is 3.83. The predicted octanol–water partition coefficient (Wildman–Crippen LogP) is 2.57. The number of nitrogens with zero attached hydrogens (tertiary/aromatic N) is 5. The summed E-state index contributed by atoms with van der Waals surface area (Å²) in [5, 5.41) is 11.3. The molecule has 0 aliphatic heterocycles. The fourth-order valence-electron chi connectivity index (χ4n) is 2.43. The van der Waals surface area contributed by atoms with Crippen molar-refractivity contribution in [2.24, 2.45) is 4.99 Å². The molecule has 0 spiro atoms. The van der Waals surface area contributed by atoms with Crippen LogP contribution in [0.25, 0.3) is 0 Å². The second-order valence-corrected chi connectivity index (χ2v) is 5.73. The van der Waals surface area contributed by atoms with E-state index >= 15 is 0 Å². The van der Waals surface area contributed by atoms with Crippen molar-refractivity contribution in [2.45, 2.75) is 26.8 Å². The lowest BCUT2D eigenvalue weighted by Crippen LogP contribution is -2.41. The van der Waals surface area contributed by atoms with E-state index in [0.29, 0.717) is 19.7 Å². The number of likely N-dealkylation sites (N-methyl/N-ethyl adjacent to an activating group) is 1. The maximum absolute atomic E-state index is 13.6. The van der Waals surface area contributed by atoms with Crippen molar-refractivity contribution in [3.8, 4) is 5.75 Å². The Balaban J connectivity index is 0.00000364. The van der Waals surface area contributed by atoms with Gasteiger partial charge in [-0.15, -0.1) is 34.2 Å². The Morgan fingerprint density at radius 2 is 2.11 bits per heavy atom. The lowest BCUT2D eigenvalue weighted by atomic mass is 10.3. The molecule has 0 radical (unpaired) electrons. The average molecular weight is 490 g/mol. The van der Waals surface area contributed by atoms with Crippen molar-refractivity contribution in [3.05, 3.63) is 42.2 Å². The Hall–Kier alpha value is -1.91. The number of hydrogen-bond acceptors (Lipinski definition) is 4. The van der Waals surface area contributed by atoms with Gasteiger partial charge in [-0.1, -0.05) is 19.1 Å². The minimum atomic E-state index is -0.351. The van der Waals surface area contributed by atoms with Crippen LogP contribution in [0.3, 0.4) is 0 Å². The smallest absolute Gasteiger partial charge is 0.193 e. The van der Waals surface area contributed by atoms with E-state index in [1.54, 1.807) is 24.5 Å². The number of benzene rings is 1. The van der Waals surface area contributed by atoms with Gasteiger partial charge < -0.3 is 19.5 Å². The van der Waals surface area contributed by atoms with Gasteiger partial charge in [0, 0.05) is 26.6 Å². The molecule has 1 N–H and O–H groups in total. The van der Waals surface area contributed by atoms with Gasteiger partial charge in [-0.25, -0.2) is 4.39 Å². The van der Waals surface area contributed by atoms with Crippen LogP contribution in [0.4, 0.5) is 4.39 Å². The topological polar surface area (TPSA) is 67.6 Å².